The fraction of sp³-hybridized carbons (Fsp3) is 0.280. The first kappa shape index (κ1) is 22.1. The predicted octanol–water partition coefficient (Wildman–Crippen LogP) is 3.72. The number of nitrogens with zero attached hydrogens (tertiary/aromatic N) is 3. The van der Waals surface area contributed by atoms with Gasteiger partial charge in [0.05, 0.1) is 46.2 Å². The van der Waals surface area contributed by atoms with Crippen LogP contribution in [-0.2, 0) is 13.1 Å². The number of hydrogen-bond donors (Lipinski definition) is 0. The van der Waals surface area contributed by atoms with Crippen LogP contribution in [0.4, 0.5) is 0 Å². The second-order valence-electron chi connectivity index (χ2n) is 7.53. The van der Waals surface area contributed by atoms with E-state index >= 15 is 0 Å². The zero-order valence-corrected chi connectivity index (χ0v) is 19.0. The van der Waals surface area contributed by atoms with E-state index in [0.717, 1.165) is 17.0 Å². The van der Waals surface area contributed by atoms with Crippen molar-refractivity contribution in [2.45, 2.75) is 13.1 Å². The number of rotatable bonds is 6. The van der Waals surface area contributed by atoms with Gasteiger partial charge in [-0.1, -0.05) is 0 Å². The largest absolute Gasteiger partial charge is 0.493 e. The molecule has 2 aromatic carbocycles. The Morgan fingerprint density at radius 3 is 2.12 bits per heavy atom. The Bertz CT molecular complexity index is 1240. The molecule has 4 rings (SSSR count). The van der Waals surface area contributed by atoms with Gasteiger partial charge in [0.2, 0.25) is 0 Å². The Kier molecular flexibility index (Phi) is 6.13. The summed E-state index contributed by atoms with van der Waals surface area (Å²) in [6.07, 6.45) is 0. The summed E-state index contributed by atoms with van der Waals surface area (Å²) < 4.78 is 23.5. The molecule has 0 spiro atoms. The van der Waals surface area contributed by atoms with Gasteiger partial charge in [-0.2, -0.15) is 5.26 Å². The summed E-state index contributed by atoms with van der Waals surface area (Å²) in [7, 11) is 6.26. The lowest BCUT2D eigenvalue weighted by molar-refractivity contribution is 0.0711. The summed E-state index contributed by atoms with van der Waals surface area (Å²) in [6.45, 7) is 1.48. The number of hydrogen-bond acceptors (Lipinski definition) is 6. The fourth-order valence-corrected chi connectivity index (χ4v) is 4.19. The minimum atomic E-state index is -0.102. The molecule has 1 aliphatic heterocycles. The van der Waals surface area contributed by atoms with E-state index in [1.54, 1.807) is 51.5 Å². The molecular weight excluding hydrogens is 422 g/mol. The van der Waals surface area contributed by atoms with Crippen LogP contribution in [0.5, 0.6) is 23.0 Å². The van der Waals surface area contributed by atoms with E-state index in [2.05, 4.69) is 10.6 Å². The van der Waals surface area contributed by atoms with E-state index in [1.165, 1.54) is 0 Å². The van der Waals surface area contributed by atoms with Gasteiger partial charge in [0.15, 0.2) is 23.0 Å². The topological polar surface area (TPSA) is 86.0 Å². The first-order valence-corrected chi connectivity index (χ1v) is 10.4. The first-order valence-electron chi connectivity index (χ1n) is 10.4. The van der Waals surface area contributed by atoms with Gasteiger partial charge in [-0.05, 0) is 42.5 Å². The molecule has 1 amide bonds. The highest BCUT2D eigenvalue weighted by atomic mass is 16.5. The standard InChI is InChI=1S/C25H25N3O5/c1-30-20-7-5-16(12-22(20)32-3)24-18(14-26)11-19-15-27(9-10-28(19)24)25(29)17-6-8-21(31-2)23(13-17)33-4/h5-8,11-13H,9-10,15H2,1-4H3. The highest BCUT2D eigenvalue weighted by Gasteiger charge is 2.27. The van der Waals surface area contributed by atoms with Gasteiger partial charge in [0, 0.05) is 29.9 Å². The van der Waals surface area contributed by atoms with Crippen LogP contribution in [-0.4, -0.2) is 50.4 Å². The van der Waals surface area contributed by atoms with Gasteiger partial charge >= 0.3 is 0 Å². The van der Waals surface area contributed by atoms with Gasteiger partial charge in [-0.25, -0.2) is 0 Å². The quantitative estimate of drug-likeness (QED) is 0.573. The van der Waals surface area contributed by atoms with Crippen molar-refractivity contribution in [3.63, 3.8) is 0 Å². The number of carbonyl (C=O) groups excluding carboxylic acids is 1. The molecule has 0 fully saturated rings. The third-order valence-corrected chi connectivity index (χ3v) is 5.82. The molecule has 33 heavy (non-hydrogen) atoms. The third-order valence-electron chi connectivity index (χ3n) is 5.82. The monoisotopic (exact) mass is 447 g/mol. The number of aromatic nitrogens is 1. The molecule has 8 nitrogen and oxygen atoms in total. The molecule has 0 saturated heterocycles. The molecule has 0 radical (unpaired) electrons. The van der Waals surface area contributed by atoms with Gasteiger partial charge in [-0.15, -0.1) is 0 Å². The van der Waals surface area contributed by atoms with Crippen molar-refractivity contribution in [3.8, 4) is 40.3 Å². The molecule has 8 heteroatoms. The number of methoxy groups -OCH3 is 4. The van der Waals surface area contributed by atoms with Gasteiger partial charge in [-0.3, -0.25) is 4.79 Å². The maximum atomic E-state index is 13.2. The van der Waals surface area contributed by atoms with E-state index < -0.39 is 0 Å². The normalized spacial score (nSPS) is 12.5. The van der Waals surface area contributed by atoms with Crippen LogP contribution in [0.15, 0.2) is 42.5 Å². The van der Waals surface area contributed by atoms with Crippen molar-refractivity contribution < 1.29 is 23.7 Å². The molecule has 0 aliphatic carbocycles. The maximum absolute atomic E-state index is 13.2. The van der Waals surface area contributed by atoms with E-state index in [0.29, 0.717) is 53.8 Å². The van der Waals surface area contributed by atoms with E-state index in [-0.39, 0.29) is 5.91 Å². The van der Waals surface area contributed by atoms with Crippen LogP contribution in [0.3, 0.4) is 0 Å². The molecule has 2 heterocycles. The first-order chi connectivity index (χ1) is 16.0. The SMILES string of the molecule is COc1ccc(C(=O)N2CCn3c(cc(C#N)c3-c3ccc(OC)c(OC)c3)C2)cc1OC. The van der Waals surface area contributed by atoms with Crippen molar-refractivity contribution in [3.05, 3.63) is 59.3 Å². The minimum absolute atomic E-state index is 0.102. The number of ether oxygens (including phenoxy) is 4. The molecule has 0 unspecified atom stereocenters. The van der Waals surface area contributed by atoms with E-state index in [1.807, 2.05) is 24.3 Å². The van der Waals surface area contributed by atoms with Gasteiger partial charge in [0.25, 0.3) is 5.91 Å². The lowest BCUT2D eigenvalue weighted by Gasteiger charge is -2.30. The maximum Gasteiger partial charge on any atom is 0.254 e. The molecule has 0 N–H and O–H groups in total. The average Bonchev–Trinajstić information content (AvgIpc) is 3.25. The molecule has 170 valence electrons. The Hall–Kier alpha value is -4.12. The molecule has 1 aromatic heterocycles. The zero-order valence-electron chi connectivity index (χ0n) is 19.0. The number of nitriles is 1. The molecule has 0 atom stereocenters. The smallest absolute Gasteiger partial charge is 0.254 e. The van der Waals surface area contributed by atoms with Crippen LogP contribution in [0, 0.1) is 11.3 Å². The summed E-state index contributed by atoms with van der Waals surface area (Å²) in [5.74, 6) is 2.19. The molecule has 0 bridgehead atoms. The summed E-state index contributed by atoms with van der Waals surface area (Å²) in [6, 6.07) is 14.9. The number of carbonyl (C=O) groups is 1. The van der Waals surface area contributed by atoms with Crippen LogP contribution < -0.4 is 18.9 Å². The Balaban J connectivity index is 1.66. The second kappa shape index (κ2) is 9.17. The van der Waals surface area contributed by atoms with Crippen LogP contribution in [0.25, 0.3) is 11.3 Å². The van der Waals surface area contributed by atoms with Crippen molar-refractivity contribution in [2.75, 3.05) is 35.0 Å². The van der Waals surface area contributed by atoms with Gasteiger partial charge < -0.3 is 28.4 Å². The van der Waals surface area contributed by atoms with Crippen molar-refractivity contribution in [1.29, 1.82) is 5.26 Å². The molecular formula is C25H25N3O5. The van der Waals surface area contributed by atoms with E-state index in [9.17, 15) is 10.1 Å². The number of amides is 1. The molecule has 0 saturated carbocycles. The molecule has 1 aliphatic rings. The number of benzene rings is 2. The van der Waals surface area contributed by atoms with Crippen LogP contribution in [0.2, 0.25) is 0 Å². The van der Waals surface area contributed by atoms with Crippen molar-refractivity contribution >= 4 is 5.91 Å². The summed E-state index contributed by atoms with van der Waals surface area (Å²) >= 11 is 0. The second-order valence-corrected chi connectivity index (χ2v) is 7.53. The minimum Gasteiger partial charge on any atom is -0.493 e. The van der Waals surface area contributed by atoms with Crippen LogP contribution in [0.1, 0.15) is 21.6 Å². The fourth-order valence-electron chi connectivity index (χ4n) is 4.19. The zero-order chi connectivity index (χ0) is 23.5. The van der Waals surface area contributed by atoms with Crippen molar-refractivity contribution in [1.82, 2.24) is 9.47 Å². The Labute approximate surface area is 192 Å². The Morgan fingerprint density at radius 2 is 1.48 bits per heavy atom. The summed E-state index contributed by atoms with van der Waals surface area (Å²) in [4.78, 5) is 15.0. The van der Waals surface area contributed by atoms with Crippen molar-refractivity contribution in [2.24, 2.45) is 0 Å². The number of fused-ring (bicyclic) bond motifs is 1. The summed E-state index contributed by atoms with van der Waals surface area (Å²) in [5, 5.41) is 9.79. The summed E-state index contributed by atoms with van der Waals surface area (Å²) in [5.41, 5.74) is 3.64. The van der Waals surface area contributed by atoms with Crippen LogP contribution >= 0.6 is 0 Å². The molecule has 3 aromatic rings. The Morgan fingerprint density at radius 1 is 0.848 bits per heavy atom. The lowest BCUT2D eigenvalue weighted by Crippen LogP contribution is -2.38. The highest BCUT2D eigenvalue weighted by Crippen LogP contribution is 2.36. The lowest BCUT2D eigenvalue weighted by atomic mass is 10.1. The highest BCUT2D eigenvalue weighted by molar-refractivity contribution is 5.95. The van der Waals surface area contributed by atoms with Gasteiger partial charge in [0.1, 0.15) is 6.07 Å². The average molecular weight is 447 g/mol. The van der Waals surface area contributed by atoms with E-state index in [4.69, 9.17) is 18.9 Å². The third kappa shape index (κ3) is 3.94. The predicted molar refractivity (Wildman–Crippen MR) is 122 cm³/mol.